The summed E-state index contributed by atoms with van der Waals surface area (Å²) in [4.78, 5) is 21.3. The van der Waals surface area contributed by atoms with Crippen molar-refractivity contribution < 1.29 is 27.2 Å². The summed E-state index contributed by atoms with van der Waals surface area (Å²) >= 11 is 0. The summed E-state index contributed by atoms with van der Waals surface area (Å²) < 4.78 is 54.0. The fraction of sp³-hybridized carbons (Fsp3) is 0.513. The van der Waals surface area contributed by atoms with Crippen LogP contribution in [0.2, 0.25) is 0 Å². The molecule has 2 aromatic carbocycles. The Balaban J connectivity index is 0.958. The van der Waals surface area contributed by atoms with Crippen LogP contribution >= 0.6 is 0 Å². The van der Waals surface area contributed by atoms with E-state index in [-0.39, 0.29) is 35.3 Å². The van der Waals surface area contributed by atoms with Crippen LogP contribution in [0.15, 0.2) is 53.1 Å². The quantitative estimate of drug-likeness (QED) is 0.177. The van der Waals surface area contributed by atoms with Crippen LogP contribution in [0.1, 0.15) is 86.3 Å². The van der Waals surface area contributed by atoms with Crippen LogP contribution in [0.5, 0.6) is 5.75 Å². The van der Waals surface area contributed by atoms with Crippen molar-refractivity contribution in [1.29, 1.82) is 0 Å². The molecule has 7 nitrogen and oxygen atoms in total. The van der Waals surface area contributed by atoms with Gasteiger partial charge in [-0.05, 0) is 99.8 Å². The van der Waals surface area contributed by atoms with Crippen LogP contribution in [0.3, 0.4) is 0 Å². The molecule has 4 aromatic rings. The average Bonchev–Trinajstić information content (AvgIpc) is 3.81. The predicted octanol–water partition coefficient (Wildman–Crippen LogP) is 8.59. The number of hydrogen-bond acceptors (Lipinski definition) is 6. The first-order valence-corrected chi connectivity index (χ1v) is 17.8. The van der Waals surface area contributed by atoms with Gasteiger partial charge in [0.1, 0.15) is 17.2 Å². The molecular formula is C39H43F3N4O3. The number of benzene rings is 2. The Morgan fingerprint density at radius 1 is 1.04 bits per heavy atom. The number of carbonyl (C=O) groups excluding carboxylic acids is 1. The van der Waals surface area contributed by atoms with Crippen LogP contribution in [0.4, 0.5) is 18.9 Å². The Morgan fingerprint density at radius 2 is 1.80 bits per heavy atom. The zero-order valence-corrected chi connectivity index (χ0v) is 28.2. The minimum atomic E-state index is -4.46. The second-order valence-electron chi connectivity index (χ2n) is 15.1. The molecule has 0 N–H and O–H groups in total. The largest absolute Gasteiger partial charge is 0.490 e. The Kier molecular flexibility index (Phi) is 8.11. The van der Waals surface area contributed by atoms with E-state index in [0.717, 1.165) is 110 Å². The van der Waals surface area contributed by atoms with Gasteiger partial charge in [0.05, 0.1) is 29.3 Å². The number of pyridine rings is 1. The van der Waals surface area contributed by atoms with E-state index in [1.54, 1.807) is 25.1 Å². The van der Waals surface area contributed by atoms with Crippen molar-refractivity contribution in [2.75, 3.05) is 32.1 Å². The third-order valence-electron chi connectivity index (χ3n) is 11.4. The molecule has 3 heterocycles. The van der Waals surface area contributed by atoms with Gasteiger partial charge in [-0.15, -0.1) is 0 Å². The van der Waals surface area contributed by atoms with Crippen molar-refractivity contribution in [3.63, 3.8) is 0 Å². The lowest BCUT2D eigenvalue weighted by atomic mass is 9.56. The SMILES string of the molecule is CN(C)C(=O)Cc1cc(OC2CCC2)c2cc(N3CCC4(CC3)CC(Cc3c(-c5ccccc5C(F)(F)F)noc3C3CC3)C4)ccc2n1. The Hall–Kier alpha value is -4.08. The van der Waals surface area contributed by atoms with E-state index >= 15 is 0 Å². The van der Waals surface area contributed by atoms with E-state index in [2.05, 4.69) is 28.3 Å². The summed E-state index contributed by atoms with van der Waals surface area (Å²) in [6.45, 7) is 1.90. The highest BCUT2D eigenvalue weighted by Crippen LogP contribution is 2.55. The lowest BCUT2D eigenvalue weighted by molar-refractivity contribution is -0.137. The van der Waals surface area contributed by atoms with Gasteiger partial charge < -0.3 is 19.1 Å². The van der Waals surface area contributed by atoms with Crippen molar-refractivity contribution >= 4 is 22.5 Å². The van der Waals surface area contributed by atoms with Gasteiger partial charge in [0.25, 0.3) is 0 Å². The highest BCUT2D eigenvalue weighted by Gasteiger charge is 2.47. The number of piperidine rings is 1. The van der Waals surface area contributed by atoms with Gasteiger partial charge in [-0.2, -0.15) is 13.2 Å². The van der Waals surface area contributed by atoms with Crippen LogP contribution in [0, 0.1) is 11.3 Å². The minimum absolute atomic E-state index is 0.00977. The number of carbonyl (C=O) groups is 1. The molecule has 0 radical (unpaired) electrons. The van der Waals surface area contributed by atoms with E-state index in [1.165, 1.54) is 18.6 Å². The third-order valence-corrected chi connectivity index (χ3v) is 11.4. The average molecular weight is 673 g/mol. The number of aromatic nitrogens is 2. The second kappa shape index (κ2) is 12.4. The number of ether oxygens (including phenoxy) is 1. The molecule has 0 unspecified atom stereocenters. The number of amides is 1. The molecule has 49 heavy (non-hydrogen) atoms. The lowest BCUT2D eigenvalue weighted by Gasteiger charge is -2.53. The van der Waals surface area contributed by atoms with Gasteiger partial charge in [0.2, 0.25) is 5.91 Å². The molecule has 3 saturated carbocycles. The van der Waals surface area contributed by atoms with Gasteiger partial charge in [-0.3, -0.25) is 9.78 Å². The molecule has 1 aliphatic heterocycles. The maximum absolute atomic E-state index is 13.9. The standard InChI is InChI=1S/C39H43F3N4O3/c1-45(2)35(47)20-26-19-34(48-28-6-5-7-28)30-21-27(12-13-33(30)43-26)46-16-14-38(15-17-46)22-24(23-38)18-31-36(44-49-37(31)25-10-11-25)29-8-3-4-9-32(29)39(40,41)42/h3-4,8-9,12-13,19,21,24-25,28H,5-7,10-11,14-18,20,22-23H2,1-2H3. The van der Waals surface area contributed by atoms with Gasteiger partial charge in [0.15, 0.2) is 0 Å². The monoisotopic (exact) mass is 672 g/mol. The maximum Gasteiger partial charge on any atom is 0.417 e. The van der Waals surface area contributed by atoms with Gasteiger partial charge in [0, 0.05) is 61.4 Å². The molecular weight excluding hydrogens is 629 g/mol. The third kappa shape index (κ3) is 6.39. The molecule has 10 heteroatoms. The first kappa shape index (κ1) is 32.1. The maximum atomic E-state index is 13.9. The van der Waals surface area contributed by atoms with E-state index in [9.17, 15) is 18.0 Å². The molecule has 258 valence electrons. The number of likely N-dealkylation sites (N-methyl/N-ethyl adjacent to an activating group) is 1. The molecule has 8 rings (SSSR count). The fourth-order valence-corrected chi connectivity index (χ4v) is 8.18. The number of fused-ring (bicyclic) bond motifs is 1. The summed E-state index contributed by atoms with van der Waals surface area (Å²) in [5, 5.41) is 5.23. The Morgan fingerprint density at radius 3 is 2.47 bits per heavy atom. The van der Waals surface area contributed by atoms with Gasteiger partial charge in [-0.1, -0.05) is 23.4 Å². The molecule has 0 bridgehead atoms. The molecule has 1 saturated heterocycles. The van der Waals surface area contributed by atoms with E-state index < -0.39 is 11.7 Å². The number of rotatable bonds is 9. The zero-order chi connectivity index (χ0) is 33.9. The van der Waals surface area contributed by atoms with Crippen molar-refractivity contribution in [1.82, 2.24) is 15.0 Å². The van der Waals surface area contributed by atoms with Gasteiger partial charge in [-0.25, -0.2) is 0 Å². The molecule has 3 aliphatic carbocycles. The van der Waals surface area contributed by atoms with Crippen molar-refractivity contribution in [3.8, 4) is 17.0 Å². The zero-order valence-electron chi connectivity index (χ0n) is 28.2. The number of hydrogen-bond donors (Lipinski definition) is 0. The van der Waals surface area contributed by atoms with Crippen LogP contribution in [-0.4, -0.2) is 54.2 Å². The lowest BCUT2D eigenvalue weighted by Crippen LogP contribution is -2.47. The molecule has 0 atom stereocenters. The minimum Gasteiger partial charge on any atom is -0.490 e. The Labute approximate surface area is 284 Å². The fourth-order valence-electron chi connectivity index (χ4n) is 8.18. The van der Waals surface area contributed by atoms with Crippen molar-refractivity contribution in [3.05, 3.63) is 71.1 Å². The van der Waals surface area contributed by atoms with Crippen molar-refractivity contribution in [2.24, 2.45) is 11.3 Å². The van der Waals surface area contributed by atoms with Crippen LogP contribution < -0.4 is 9.64 Å². The number of halogens is 3. The predicted molar refractivity (Wildman–Crippen MR) is 182 cm³/mol. The summed E-state index contributed by atoms with van der Waals surface area (Å²) in [6.07, 6.45) is 6.30. The van der Waals surface area contributed by atoms with E-state index in [0.29, 0.717) is 18.0 Å². The summed E-state index contributed by atoms with van der Waals surface area (Å²) in [6, 6.07) is 14.1. The van der Waals surface area contributed by atoms with Gasteiger partial charge >= 0.3 is 6.18 Å². The second-order valence-corrected chi connectivity index (χ2v) is 15.1. The summed E-state index contributed by atoms with van der Waals surface area (Å²) in [7, 11) is 3.52. The summed E-state index contributed by atoms with van der Waals surface area (Å²) in [5.74, 6) is 2.30. The number of alkyl halides is 3. The topological polar surface area (TPSA) is 71.7 Å². The first-order valence-electron chi connectivity index (χ1n) is 17.8. The molecule has 2 aromatic heterocycles. The number of anilines is 1. The molecule has 4 fully saturated rings. The number of nitrogens with zero attached hydrogens (tertiary/aromatic N) is 4. The van der Waals surface area contributed by atoms with Crippen LogP contribution in [-0.2, 0) is 23.8 Å². The Bertz CT molecular complexity index is 1860. The molecule has 4 aliphatic rings. The van der Waals surface area contributed by atoms with E-state index in [1.807, 2.05) is 6.07 Å². The highest BCUT2D eigenvalue weighted by atomic mass is 19.4. The first-order chi connectivity index (χ1) is 23.5. The normalized spacial score (nSPS) is 19.6. The van der Waals surface area contributed by atoms with Crippen LogP contribution in [0.25, 0.3) is 22.2 Å². The summed E-state index contributed by atoms with van der Waals surface area (Å²) in [5.41, 5.74) is 3.70. The highest BCUT2D eigenvalue weighted by molar-refractivity contribution is 5.89. The smallest absolute Gasteiger partial charge is 0.417 e. The molecule has 1 spiro atoms. The van der Waals surface area contributed by atoms with E-state index in [4.69, 9.17) is 14.2 Å². The van der Waals surface area contributed by atoms with Crippen molar-refractivity contribution in [2.45, 2.75) is 88.8 Å². The molecule has 1 amide bonds.